The van der Waals surface area contributed by atoms with Gasteiger partial charge < -0.3 is 15.8 Å². The van der Waals surface area contributed by atoms with Crippen molar-refractivity contribution in [1.29, 1.82) is 0 Å². The van der Waals surface area contributed by atoms with Crippen molar-refractivity contribution in [3.8, 4) is 5.75 Å². The summed E-state index contributed by atoms with van der Waals surface area (Å²) in [4.78, 5) is 4.46. The molecule has 0 amide bonds. The van der Waals surface area contributed by atoms with Gasteiger partial charge in [-0.3, -0.25) is 4.99 Å². The van der Waals surface area contributed by atoms with Crippen LogP contribution < -0.4 is 15.8 Å². The Kier molecular flexibility index (Phi) is 8.02. The van der Waals surface area contributed by atoms with Gasteiger partial charge in [0.15, 0.2) is 5.96 Å². The summed E-state index contributed by atoms with van der Waals surface area (Å²) in [5.74, 6) is 1.44. The monoisotopic (exact) mass is 515 g/mol. The smallest absolute Gasteiger partial charge is 0.189 e. The molecular weight excluding hydrogens is 493 g/mol. The predicted octanol–water partition coefficient (Wildman–Crippen LogP) is 4.43. The minimum Gasteiger partial charge on any atom is -0.493 e. The summed E-state index contributed by atoms with van der Waals surface area (Å²) in [5.41, 5.74) is 8.51. The molecule has 0 aromatic heterocycles. The second-order valence-corrected chi connectivity index (χ2v) is 6.79. The van der Waals surface area contributed by atoms with Gasteiger partial charge in [-0.15, -0.1) is 24.0 Å². The fraction of sp³-hybridized carbons (Fsp3) is 0.316. The molecule has 1 unspecified atom stereocenters. The summed E-state index contributed by atoms with van der Waals surface area (Å²) in [6.07, 6.45) is 2.87. The highest BCUT2D eigenvalue weighted by atomic mass is 127. The van der Waals surface area contributed by atoms with Crippen LogP contribution in [0.4, 0.5) is 0 Å². The molecule has 0 spiro atoms. The average Bonchev–Trinajstić information content (AvgIpc) is 2.59. The Morgan fingerprint density at radius 3 is 2.92 bits per heavy atom. The summed E-state index contributed by atoms with van der Waals surface area (Å²) in [7, 11) is 0. The number of halogens is 2. The molecule has 0 fully saturated rings. The second-order valence-electron chi connectivity index (χ2n) is 5.87. The maximum absolute atomic E-state index is 6.06. The van der Waals surface area contributed by atoms with Crippen LogP contribution in [-0.2, 0) is 6.42 Å². The molecule has 3 rings (SSSR count). The van der Waals surface area contributed by atoms with Crippen LogP contribution in [0.3, 0.4) is 0 Å². The lowest BCUT2D eigenvalue weighted by Gasteiger charge is -2.26. The van der Waals surface area contributed by atoms with E-state index in [2.05, 4.69) is 50.5 Å². The van der Waals surface area contributed by atoms with E-state index in [1.165, 1.54) is 5.56 Å². The Morgan fingerprint density at radius 1 is 1.24 bits per heavy atom. The number of aryl methyl sites for hydroxylation is 1. The molecule has 134 valence electrons. The molecule has 4 nitrogen and oxygen atoms in total. The number of aliphatic imine (C=N–C) groups is 1. The van der Waals surface area contributed by atoms with Gasteiger partial charge in [0.1, 0.15) is 5.75 Å². The largest absolute Gasteiger partial charge is 0.493 e. The number of para-hydroxylation sites is 1. The lowest BCUT2D eigenvalue weighted by atomic mass is 10.0. The molecule has 1 aliphatic heterocycles. The zero-order valence-electron chi connectivity index (χ0n) is 14.0. The van der Waals surface area contributed by atoms with Crippen LogP contribution in [0.25, 0.3) is 0 Å². The van der Waals surface area contributed by atoms with E-state index in [0.29, 0.717) is 12.6 Å². The summed E-state index contributed by atoms with van der Waals surface area (Å²) >= 11 is 3.50. The first kappa shape index (κ1) is 20.0. The predicted molar refractivity (Wildman–Crippen MR) is 117 cm³/mol. The molecule has 0 bridgehead atoms. The van der Waals surface area contributed by atoms with Crippen molar-refractivity contribution in [1.82, 2.24) is 5.32 Å². The maximum atomic E-state index is 6.06. The zero-order valence-corrected chi connectivity index (χ0v) is 17.9. The minimum atomic E-state index is 0. The van der Waals surface area contributed by atoms with Gasteiger partial charge in [0, 0.05) is 23.0 Å². The van der Waals surface area contributed by atoms with E-state index in [9.17, 15) is 0 Å². The van der Waals surface area contributed by atoms with E-state index in [0.717, 1.165) is 41.6 Å². The first-order chi connectivity index (χ1) is 11.7. The van der Waals surface area contributed by atoms with Crippen LogP contribution >= 0.6 is 39.9 Å². The van der Waals surface area contributed by atoms with E-state index < -0.39 is 0 Å². The lowest BCUT2D eigenvalue weighted by molar-refractivity contribution is 0.262. The van der Waals surface area contributed by atoms with Crippen LogP contribution in [0, 0.1) is 0 Å². The van der Waals surface area contributed by atoms with Gasteiger partial charge >= 0.3 is 0 Å². The van der Waals surface area contributed by atoms with Gasteiger partial charge in [0.05, 0.1) is 12.6 Å². The molecular formula is C19H23BrIN3O. The van der Waals surface area contributed by atoms with Crippen molar-refractivity contribution < 1.29 is 4.74 Å². The highest BCUT2D eigenvalue weighted by Gasteiger charge is 2.21. The molecule has 6 heteroatoms. The van der Waals surface area contributed by atoms with Gasteiger partial charge in [-0.2, -0.15) is 0 Å². The third-order valence-electron chi connectivity index (χ3n) is 4.08. The topological polar surface area (TPSA) is 59.6 Å². The molecule has 2 aromatic rings. The first-order valence-corrected chi connectivity index (χ1v) is 9.04. The number of hydrogen-bond acceptors (Lipinski definition) is 2. The van der Waals surface area contributed by atoms with Crippen molar-refractivity contribution in [3.05, 3.63) is 64.1 Å². The van der Waals surface area contributed by atoms with Crippen molar-refractivity contribution in [2.45, 2.75) is 25.3 Å². The lowest BCUT2D eigenvalue weighted by Crippen LogP contribution is -2.37. The molecule has 1 heterocycles. The molecule has 0 aliphatic carbocycles. The molecule has 0 saturated carbocycles. The maximum Gasteiger partial charge on any atom is 0.189 e. The molecule has 1 atom stereocenters. The van der Waals surface area contributed by atoms with Crippen molar-refractivity contribution in [2.75, 3.05) is 13.2 Å². The van der Waals surface area contributed by atoms with Gasteiger partial charge in [-0.1, -0.05) is 46.3 Å². The van der Waals surface area contributed by atoms with Crippen LogP contribution in [0.1, 0.15) is 30.0 Å². The number of guanidine groups is 1. The Bertz CT molecular complexity index is 723. The number of ether oxygens (including phenoxy) is 1. The van der Waals surface area contributed by atoms with Crippen molar-refractivity contribution in [2.24, 2.45) is 10.7 Å². The molecule has 25 heavy (non-hydrogen) atoms. The van der Waals surface area contributed by atoms with Gasteiger partial charge in [-0.25, -0.2) is 0 Å². The SMILES string of the molecule is I.NC(=NCCCc1cccc(Br)c1)NC1CCOc2ccccc21. The van der Waals surface area contributed by atoms with Gasteiger partial charge in [0.2, 0.25) is 0 Å². The molecule has 0 radical (unpaired) electrons. The fourth-order valence-corrected chi connectivity index (χ4v) is 3.34. The number of nitrogens with one attached hydrogen (secondary N) is 1. The van der Waals surface area contributed by atoms with Gasteiger partial charge in [0.25, 0.3) is 0 Å². The van der Waals surface area contributed by atoms with Crippen molar-refractivity contribution in [3.63, 3.8) is 0 Å². The number of fused-ring (bicyclic) bond motifs is 1. The number of benzene rings is 2. The molecule has 3 N–H and O–H groups in total. The summed E-state index contributed by atoms with van der Waals surface area (Å²) in [6, 6.07) is 16.6. The van der Waals surface area contributed by atoms with E-state index in [4.69, 9.17) is 10.5 Å². The van der Waals surface area contributed by atoms with Crippen LogP contribution in [0.2, 0.25) is 0 Å². The van der Waals surface area contributed by atoms with E-state index in [-0.39, 0.29) is 30.0 Å². The Morgan fingerprint density at radius 2 is 2.08 bits per heavy atom. The molecule has 0 saturated heterocycles. The van der Waals surface area contributed by atoms with E-state index in [1.54, 1.807) is 0 Å². The number of nitrogens with zero attached hydrogens (tertiary/aromatic N) is 1. The van der Waals surface area contributed by atoms with Crippen LogP contribution in [0.5, 0.6) is 5.75 Å². The zero-order chi connectivity index (χ0) is 16.8. The normalized spacial score (nSPS) is 16.4. The van der Waals surface area contributed by atoms with E-state index >= 15 is 0 Å². The number of hydrogen-bond donors (Lipinski definition) is 2. The van der Waals surface area contributed by atoms with Crippen LogP contribution in [0.15, 0.2) is 58.0 Å². The summed E-state index contributed by atoms with van der Waals surface area (Å²) in [6.45, 7) is 1.42. The van der Waals surface area contributed by atoms with Gasteiger partial charge in [-0.05, 0) is 36.6 Å². The third kappa shape index (κ3) is 5.88. The van der Waals surface area contributed by atoms with Crippen molar-refractivity contribution >= 4 is 45.9 Å². The molecule has 2 aromatic carbocycles. The number of rotatable bonds is 5. The van der Waals surface area contributed by atoms with Crippen LogP contribution in [-0.4, -0.2) is 19.1 Å². The first-order valence-electron chi connectivity index (χ1n) is 8.25. The number of nitrogens with two attached hydrogens (primary N) is 1. The standard InChI is InChI=1S/C19H22BrN3O.HI/c20-15-7-3-5-14(13-15)6-4-11-22-19(21)23-17-10-12-24-18-9-2-1-8-16(17)18;/h1-3,5,7-9,13,17H,4,6,10-12H2,(H3,21,22,23);1H. The minimum absolute atomic E-state index is 0. The Hall–Kier alpha value is -1.28. The third-order valence-corrected chi connectivity index (χ3v) is 4.57. The second kappa shape index (κ2) is 10.0. The Balaban J connectivity index is 0.00000225. The highest BCUT2D eigenvalue weighted by Crippen LogP contribution is 2.31. The highest BCUT2D eigenvalue weighted by molar-refractivity contribution is 14.0. The summed E-state index contributed by atoms with van der Waals surface area (Å²) in [5, 5.41) is 3.32. The summed E-state index contributed by atoms with van der Waals surface area (Å²) < 4.78 is 6.78. The fourth-order valence-electron chi connectivity index (χ4n) is 2.89. The average molecular weight is 516 g/mol. The quantitative estimate of drug-likeness (QED) is 0.268. The Labute approximate surface area is 174 Å². The van der Waals surface area contributed by atoms with E-state index in [1.807, 2.05) is 24.3 Å². The molecule has 1 aliphatic rings.